The van der Waals surface area contributed by atoms with E-state index in [9.17, 15) is 4.21 Å². The van der Waals surface area contributed by atoms with Crippen LogP contribution in [0.4, 0.5) is 0 Å². The quantitative estimate of drug-likeness (QED) is 0.549. The maximum atomic E-state index is 9.93. The molecule has 7 heavy (non-hydrogen) atoms. The molecule has 1 unspecified atom stereocenters. The van der Waals surface area contributed by atoms with Crippen LogP contribution < -0.4 is 0 Å². The van der Waals surface area contributed by atoms with E-state index in [1.54, 1.807) is 6.92 Å². The average molecular weight is 165 g/mol. The first-order chi connectivity index (χ1) is 2.56. The van der Waals surface area contributed by atoms with Gasteiger partial charge >= 0.3 is 0 Å². The fourth-order valence-corrected chi connectivity index (χ4v) is 0. The van der Waals surface area contributed by atoms with E-state index in [4.69, 9.17) is 4.55 Å². The van der Waals surface area contributed by atoms with Gasteiger partial charge < -0.3 is 4.55 Å². The van der Waals surface area contributed by atoms with Gasteiger partial charge in [0.05, 0.1) is 0 Å². The van der Waals surface area contributed by atoms with Crippen LogP contribution in [0.25, 0.3) is 0 Å². The molecule has 5 heteroatoms. The molecule has 0 bridgehead atoms. The van der Waals surface area contributed by atoms with Crippen molar-refractivity contribution in [3.63, 3.8) is 0 Å². The van der Waals surface area contributed by atoms with Crippen LogP contribution in [-0.4, -0.2) is 65.9 Å². The molecule has 0 saturated heterocycles. The fraction of sp³-hybridized carbons (Fsp3) is 1.00. The van der Waals surface area contributed by atoms with Gasteiger partial charge in [-0.1, -0.05) is 6.92 Å². The Morgan fingerprint density at radius 3 is 2.00 bits per heavy atom. The second-order valence-corrected chi connectivity index (χ2v) is 4.17. The molecule has 0 amide bonds. The molecule has 0 aromatic rings. The van der Waals surface area contributed by atoms with Crippen molar-refractivity contribution in [3.8, 4) is 0 Å². The molecule has 1 N–H and O–H groups in total. The minimum atomic E-state index is -2.83. The summed E-state index contributed by atoms with van der Waals surface area (Å²) in [7, 11) is -2.83. The fourth-order valence-electron chi connectivity index (χ4n) is 0. The van der Waals surface area contributed by atoms with E-state index in [0.717, 1.165) is 0 Å². The molecule has 0 aliphatic heterocycles. The molecule has 0 aliphatic carbocycles. The van der Waals surface area contributed by atoms with Gasteiger partial charge in [0, 0.05) is 68.3 Å². The predicted molar refractivity (Wildman–Crippen MR) is 34.4 cm³/mol. The SMILES string of the molecule is CCS(=O)(O)=S.[K]. The Morgan fingerprint density at radius 1 is 1.86 bits per heavy atom. The molecule has 1 radical (unpaired) electrons. The van der Waals surface area contributed by atoms with E-state index in [1.807, 2.05) is 0 Å². The first-order valence-corrected chi connectivity index (χ1v) is 4.12. The topological polar surface area (TPSA) is 37.3 Å². The van der Waals surface area contributed by atoms with E-state index in [1.165, 1.54) is 0 Å². The Balaban J connectivity index is 0. The Hall–Kier alpha value is 1.97. The summed E-state index contributed by atoms with van der Waals surface area (Å²) in [5.74, 6) is 0.169. The summed E-state index contributed by atoms with van der Waals surface area (Å²) in [6, 6.07) is 0. The molecule has 0 heterocycles. The number of rotatable bonds is 1. The zero-order valence-electron chi connectivity index (χ0n) is 4.38. The van der Waals surface area contributed by atoms with Gasteiger partial charge in [-0.25, -0.2) is 4.21 Å². The monoisotopic (exact) mass is 165 g/mol. The Morgan fingerprint density at radius 2 is 2.00 bits per heavy atom. The van der Waals surface area contributed by atoms with Gasteiger partial charge in [-0.05, 0) is 0 Å². The zero-order chi connectivity index (χ0) is 5.21. The van der Waals surface area contributed by atoms with Crippen molar-refractivity contribution < 1.29 is 8.76 Å². The number of hydrogen-bond acceptors (Lipinski definition) is 2. The molecular weight excluding hydrogens is 159 g/mol. The molecule has 0 aliphatic rings. The zero-order valence-corrected chi connectivity index (χ0v) is 9.14. The maximum Gasteiger partial charge on any atom is 0.141 e. The van der Waals surface area contributed by atoms with Crippen molar-refractivity contribution in [2.75, 3.05) is 5.75 Å². The molecule has 0 fully saturated rings. The molecule has 0 aromatic heterocycles. The summed E-state index contributed by atoms with van der Waals surface area (Å²) in [5, 5.41) is 0. The molecule has 0 saturated carbocycles. The molecule has 0 spiro atoms. The van der Waals surface area contributed by atoms with Crippen LogP contribution >= 0.6 is 0 Å². The van der Waals surface area contributed by atoms with Crippen molar-refractivity contribution >= 4 is 71.3 Å². The average Bonchev–Trinajstić information content (AvgIpc) is 1.35. The van der Waals surface area contributed by atoms with E-state index >= 15 is 0 Å². The van der Waals surface area contributed by atoms with Crippen molar-refractivity contribution in [1.82, 2.24) is 0 Å². The summed E-state index contributed by atoms with van der Waals surface area (Å²) < 4.78 is 18.1. The van der Waals surface area contributed by atoms with E-state index in [-0.39, 0.29) is 57.1 Å². The number of hydrogen-bond donors (Lipinski definition) is 1. The van der Waals surface area contributed by atoms with Crippen LogP contribution in [0.1, 0.15) is 6.92 Å². The van der Waals surface area contributed by atoms with E-state index in [2.05, 4.69) is 11.2 Å². The summed E-state index contributed by atoms with van der Waals surface area (Å²) in [6.45, 7) is 1.58. The van der Waals surface area contributed by atoms with Gasteiger partial charge in [0.15, 0.2) is 0 Å². The van der Waals surface area contributed by atoms with Crippen molar-refractivity contribution in [2.45, 2.75) is 6.92 Å². The Kier molecular flexibility index (Phi) is 8.06. The van der Waals surface area contributed by atoms with Crippen molar-refractivity contribution in [1.29, 1.82) is 0 Å². The molecule has 2 nitrogen and oxygen atoms in total. The maximum absolute atomic E-state index is 9.93. The third kappa shape index (κ3) is 11.5. The molecule has 39 valence electrons. The second-order valence-electron chi connectivity index (χ2n) is 0.871. The Labute approximate surface area is 91.0 Å². The first kappa shape index (κ1) is 11.7. The summed E-state index contributed by atoms with van der Waals surface area (Å²) in [5.41, 5.74) is 0. The van der Waals surface area contributed by atoms with Crippen molar-refractivity contribution in [2.24, 2.45) is 0 Å². The van der Waals surface area contributed by atoms with Crippen LogP contribution in [0.15, 0.2) is 0 Å². The largest absolute Gasteiger partial charge is 0.306 e. The summed E-state index contributed by atoms with van der Waals surface area (Å²) in [6.07, 6.45) is 0. The van der Waals surface area contributed by atoms with Gasteiger partial charge in [-0.2, -0.15) is 0 Å². The van der Waals surface area contributed by atoms with E-state index in [0.29, 0.717) is 0 Å². The van der Waals surface area contributed by atoms with Gasteiger partial charge in [-0.15, -0.1) is 0 Å². The van der Waals surface area contributed by atoms with Crippen molar-refractivity contribution in [3.05, 3.63) is 0 Å². The van der Waals surface area contributed by atoms with Gasteiger partial charge in [-0.3, -0.25) is 0 Å². The van der Waals surface area contributed by atoms with E-state index < -0.39 is 8.77 Å². The van der Waals surface area contributed by atoms with Crippen LogP contribution in [0.3, 0.4) is 0 Å². The molecule has 0 aromatic carbocycles. The summed E-state index contributed by atoms with van der Waals surface area (Å²) in [4.78, 5) is 0. The summed E-state index contributed by atoms with van der Waals surface area (Å²) >= 11 is 4.07. The third-order valence-electron chi connectivity index (χ3n) is 0.365. The van der Waals surface area contributed by atoms with Crippen LogP contribution in [0.2, 0.25) is 0 Å². The standard InChI is InChI=1S/C2H6O2S2.K/c1-2-6(3,4)5;/h2H2,1H3,(H,3,4,5);. The normalized spacial score (nSPS) is 16.9. The van der Waals surface area contributed by atoms with Gasteiger partial charge in [0.25, 0.3) is 0 Å². The second kappa shape index (κ2) is 4.81. The minimum absolute atomic E-state index is 0. The minimum Gasteiger partial charge on any atom is -0.306 e. The van der Waals surface area contributed by atoms with Crippen LogP contribution in [0, 0.1) is 0 Å². The van der Waals surface area contributed by atoms with Crippen LogP contribution in [0.5, 0.6) is 0 Å². The Bertz CT molecular complexity index is 116. The predicted octanol–water partition coefficient (Wildman–Crippen LogP) is -0.155. The molecular formula is C2H6KO2S2. The smallest absolute Gasteiger partial charge is 0.141 e. The first-order valence-electron chi connectivity index (χ1n) is 1.51. The van der Waals surface area contributed by atoms with Gasteiger partial charge in [0.2, 0.25) is 0 Å². The molecule has 0 rings (SSSR count). The van der Waals surface area contributed by atoms with Gasteiger partial charge in [0.1, 0.15) is 8.77 Å². The van der Waals surface area contributed by atoms with Crippen LogP contribution in [-0.2, 0) is 20.0 Å². The molecule has 1 atom stereocenters. The third-order valence-corrected chi connectivity index (χ3v) is 1.80.